The molecule has 1 aromatic heterocycles. The highest BCUT2D eigenvalue weighted by atomic mass is 19.4. The van der Waals surface area contributed by atoms with E-state index in [2.05, 4.69) is 10.3 Å². The van der Waals surface area contributed by atoms with Crippen LogP contribution in [0.5, 0.6) is 0 Å². The van der Waals surface area contributed by atoms with Crippen molar-refractivity contribution in [1.29, 1.82) is 0 Å². The summed E-state index contributed by atoms with van der Waals surface area (Å²) in [4.78, 5) is 3.79. The summed E-state index contributed by atoms with van der Waals surface area (Å²) in [6, 6.07) is 6.37. The Morgan fingerprint density at radius 1 is 1.30 bits per heavy atom. The number of nitrogens with one attached hydrogen (secondary N) is 1. The molecule has 0 spiro atoms. The topological polar surface area (TPSA) is 34.2 Å². The zero-order valence-corrected chi connectivity index (χ0v) is 11.2. The van der Waals surface area contributed by atoms with Crippen molar-refractivity contribution < 1.29 is 17.9 Å². The molecule has 3 nitrogen and oxygen atoms in total. The lowest BCUT2D eigenvalue weighted by atomic mass is 10.1. The highest BCUT2D eigenvalue weighted by molar-refractivity contribution is 5.93. The molecule has 0 amide bonds. The molecule has 0 aliphatic carbocycles. The fraction of sp³-hybridized carbons (Fsp3) is 0.357. The molecule has 0 saturated heterocycles. The highest BCUT2D eigenvalue weighted by Gasteiger charge is 2.33. The molecular weight excluding hydrogens is 269 g/mol. The summed E-state index contributed by atoms with van der Waals surface area (Å²) in [6.45, 7) is 0.436. The summed E-state index contributed by atoms with van der Waals surface area (Å²) in [6.07, 6.45) is -3.94. The molecule has 0 aliphatic heterocycles. The van der Waals surface area contributed by atoms with Gasteiger partial charge in [-0.1, -0.05) is 18.2 Å². The third-order valence-corrected chi connectivity index (χ3v) is 3.06. The molecular formula is C14H15F3N2O. The van der Waals surface area contributed by atoms with Gasteiger partial charge in [-0.15, -0.1) is 0 Å². The van der Waals surface area contributed by atoms with E-state index in [1.807, 2.05) is 6.07 Å². The van der Waals surface area contributed by atoms with Crippen molar-refractivity contribution >= 4 is 16.6 Å². The van der Waals surface area contributed by atoms with Crippen LogP contribution in [0.1, 0.15) is 11.3 Å². The van der Waals surface area contributed by atoms with Crippen LogP contribution in [0.4, 0.5) is 18.9 Å². The van der Waals surface area contributed by atoms with Gasteiger partial charge >= 0.3 is 6.18 Å². The summed E-state index contributed by atoms with van der Waals surface area (Å²) in [5.74, 6) is 0. The summed E-state index contributed by atoms with van der Waals surface area (Å²) in [5.41, 5.74) is 0.636. The van der Waals surface area contributed by atoms with E-state index in [4.69, 9.17) is 4.74 Å². The third kappa shape index (κ3) is 2.85. The maximum Gasteiger partial charge on any atom is 0.433 e. The van der Waals surface area contributed by atoms with Crippen molar-refractivity contribution in [3.63, 3.8) is 0 Å². The average Bonchev–Trinajstić information content (AvgIpc) is 2.42. The van der Waals surface area contributed by atoms with E-state index in [1.165, 1.54) is 0 Å². The van der Waals surface area contributed by atoms with E-state index in [-0.39, 0.29) is 0 Å². The van der Waals surface area contributed by atoms with E-state index >= 15 is 0 Å². The Morgan fingerprint density at radius 2 is 2.05 bits per heavy atom. The molecule has 0 saturated carbocycles. The predicted octanol–water partition coefficient (Wildman–Crippen LogP) is 3.48. The van der Waals surface area contributed by atoms with Crippen LogP contribution >= 0.6 is 0 Å². The molecule has 1 N–H and O–H groups in total. The fourth-order valence-corrected chi connectivity index (χ4v) is 2.07. The Kier molecular flexibility index (Phi) is 4.13. The standard InChI is InChI=1S/C14H15F3N2O/c1-18-11-8-12(14(15,16)17)19-13-9(6-7-20-2)4-3-5-10(11)13/h3-5,8H,6-7H2,1-2H3,(H,18,19). The van der Waals surface area contributed by atoms with Gasteiger partial charge in [-0.05, 0) is 18.1 Å². The van der Waals surface area contributed by atoms with E-state index < -0.39 is 11.9 Å². The van der Waals surface area contributed by atoms with Crippen molar-refractivity contribution in [2.45, 2.75) is 12.6 Å². The van der Waals surface area contributed by atoms with Crippen LogP contribution in [0.2, 0.25) is 0 Å². The van der Waals surface area contributed by atoms with Crippen LogP contribution in [0.3, 0.4) is 0 Å². The minimum Gasteiger partial charge on any atom is -0.388 e. The zero-order chi connectivity index (χ0) is 14.8. The summed E-state index contributed by atoms with van der Waals surface area (Å²) >= 11 is 0. The third-order valence-electron chi connectivity index (χ3n) is 3.06. The van der Waals surface area contributed by atoms with Crippen molar-refractivity contribution in [1.82, 2.24) is 4.98 Å². The first-order valence-electron chi connectivity index (χ1n) is 6.14. The van der Waals surface area contributed by atoms with Crippen LogP contribution in [0.25, 0.3) is 10.9 Å². The number of rotatable bonds is 4. The first kappa shape index (κ1) is 14.6. The lowest BCUT2D eigenvalue weighted by Gasteiger charge is -2.13. The van der Waals surface area contributed by atoms with E-state index in [0.717, 1.165) is 11.6 Å². The van der Waals surface area contributed by atoms with Gasteiger partial charge in [0.05, 0.1) is 12.1 Å². The summed E-state index contributed by atoms with van der Waals surface area (Å²) < 4.78 is 43.7. The molecule has 0 aliphatic rings. The Labute approximate surface area is 114 Å². The molecule has 0 atom stereocenters. The van der Waals surface area contributed by atoms with Gasteiger partial charge in [-0.25, -0.2) is 4.98 Å². The molecule has 2 rings (SSSR count). The second-order valence-corrected chi connectivity index (χ2v) is 4.36. The van der Waals surface area contributed by atoms with Gasteiger partial charge in [0.2, 0.25) is 0 Å². The predicted molar refractivity (Wildman–Crippen MR) is 71.9 cm³/mol. The van der Waals surface area contributed by atoms with Crippen molar-refractivity contribution in [3.05, 3.63) is 35.5 Å². The molecule has 0 unspecified atom stereocenters. The molecule has 0 radical (unpaired) electrons. The first-order chi connectivity index (χ1) is 9.47. The first-order valence-corrected chi connectivity index (χ1v) is 6.14. The van der Waals surface area contributed by atoms with Gasteiger partial charge in [0.15, 0.2) is 0 Å². The van der Waals surface area contributed by atoms with Gasteiger partial charge in [0, 0.05) is 25.2 Å². The maximum atomic E-state index is 12.9. The van der Waals surface area contributed by atoms with Crippen molar-refractivity contribution in [2.75, 3.05) is 26.1 Å². The van der Waals surface area contributed by atoms with E-state index in [0.29, 0.717) is 29.6 Å². The number of pyridine rings is 1. The number of ether oxygens (including phenoxy) is 1. The lowest BCUT2D eigenvalue weighted by molar-refractivity contribution is -0.140. The highest BCUT2D eigenvalue weighted by Crippen LogP contribution is 2.33. The molecule has 108 valence electrons. The van der Waals surface area contributed by atoms with Gasteiger partial charge < -0.3 is 10.1 Å². The number of aromatic nitrogens is 1. The number of hydrogen-bond acceptors (Lipinski definition) is 3. The van der Waals surface area contributed by atoms with Crippen LogP contribution in [-0.2, 0) is 17.3 Å². The Morgan fingerprint density at radius 3 is 2.65 bits per heavy atom. The smallest absolute Gasteiger partial charge is 0.388 e. The van der Waals surface area contributed by atoms with Crippen LogP contribution in [0.15, 0.2) is 24.3 Å². The number of fused-ring (bicyclic) bond motifs is 1. The Bertz CT molecular complexity index is 611. The van der Waals surface area contributed by atoms with Crippen molar-refractivity contribution in [3.8, 4) is 0 Å². The number of halogens is 3. The number of methoxy groups -OCH3 is 1. The molecule has 2 aromatic rings. The molecule has 1 aromatic carbocycles. The van der Waals surface area contributed by atoms with Crippen molar-refractivity contribution in [2.24, 2.45) is 0 Å². The molecule has 20 heavy (non-hydrogen) atoms. The number of para-hydroxylation sites is 1. The largest absolute Gasteiger partial charge is 0.433 e. The van der Waals surface area contributed by atoms with Gasteiger partial charge in [-0.3, -0.25) is 0 Å². The molecule has 0 bridgehead atoms. The average molecular weight is 284 g/mol. The summed E-state index contributed by atoms with van der Waals surface area (Å²) in [7, 11) is 3.15. The normalized spacial score (nSPS) is 11.8. The number of anilines is 1. The Balaban J connectivity index is 2.66. The number of benzene rings is 1. The zero-order valence-electron chi connectivity index (χ0n) is 11.2. The second kappa shape index (κ2) is 5.66. The molecule has 0 fully saturated rings. The number of hydrogen-bond donors (Lipinski definition) is 1. The van der Waals surface area contributed by atoms with Crippen LogP contribution in [-0.4, -0.2) is 25.7 Å². The fourth-order valence-electron chi connectivity index (χ4n) is 2.07. The maximum absolute atomic E-state index is 12.9. The second-order valence-electron chi connectivity index (χ2n) is 4.36. The van der Waals surface area contributed by atoms with Gasteiger partial charge in [-0.2, -0.15) is 13.2 Å². The van der Waals surface area contributed by atoms with E-state index in [9.17, 15) is 13.2 Å². The van der Waals surface area contributed by atoms with Crippen LogP contribution in [0, 0.1) is 0 Å². The molecule has 1 heterocycles. The number of alkyl halides is 3. The van der Waals surface area contributed by atoms with Gasteiger partial charge in [0.1, 0.15) is 5.69 Å². The minimum absolute atomic E-state index is 0.365. The number of nitrogens with zero attached hydrogens (tertiary/aromatic N) is 1. The monoisotopic (exact) mass is 284 g/mol. The summed E-state index contributed by atoms with van der Waals surface area (Å²) in [5, 5.41) is 3.47. The van der Waals surface area contributed by atoms with E-state index in [1.54, 1.807) is 26.3 Å². The minimum atomic E-state index is -4.46. The lowest BCUT2D eigenvalue weighted by Crippen LogP contribution is -2.10. The van der Waals surface area contributed by atoms with Crippen LogP contribution < -0.4 is 5.32 Å². The Hall–Kier alpha value is -1.82. The SMILES string of the molecule is CNc1cc(C(F)(F)F)nc2c(CCOC)cccc12. The van der Waals surface area contributed by atoms with Gasteiger partial charge in [0.25, 0.3) is 0 Å². The molecule has 6 heteroatoms. The quantitative estimate of drug-likeness (QED) is 0.933.